The van der Waals surface area contributed by atoms with Gasteiger partial charge in [0.05, 0.1) is 13.2 Å². The number of anilines is 2. The lowest BCUT2D eigenvalue weighted by molar-refractivity contribution is 0.0692. The van der Waals surface area contributed by atoms with Crippen LogP contribution in [0.4, 0.5) is 11.8 Å². The summed E-state index contributed by atoms with van der Waals surface area (Å²) < 4.78 is 5.44. The third-order valence-corrected chi connectivity index (χ3v) is 5.94. The standard InChI is InChI=1S/C23H24N4O3S/c28-22(29)19-20(24-15-17-7-3-1-4-8-17)25-23(27-11-13-30-14-12-27)26-21(19)31-16-18-9-5-2-6-10-18/h1-10H,11-16H2,(H,28,29)(H,24,25,26). The molecule has 0 aliphatic carbocycles. The van der Waals surface area contributed by atoms with E-state index in [9.17, 15) is 9.90 Å². The Balaban J connectivity index is 1.66. The van der Waals surface area contributed by atoms with E-state index >= 15 is 0 Å². The normalized spacial score (nSPS) is 13.7. The first-order chi connectivity index (χ1) is 15.2. The molecule has 4 rings (SSSR count). The Kier molecular flexibility index (Phi) is 7.01. The Hall–Kier alpha value is -3.10. The van der Waals surface area contributed by atoms with Crippen LogP contribution in [-0.4, -0.2) is 47.3 Å². The summed E-state index contributed by atoms with van der Waals surface area (Å²) in [5, 5.41) is 13.7. The van der Waals surface area contributed by atoms with Gasteiger partial charge < -0.3 is 20.1 Å². The summed E-state index contributed by atoms with van der Waals surface area (Å²) in [7, 11) is 0. The van der Waals surface area contributed by atoms with Crippen molar-refractivity contribution in [2.75, 3.05) is 36.5 Å². The fraction of sp³-hybridized carbons (Fsp3) is 0.261. The molecule has 0 unspecified atom stereocenters. The molecule has 0 radical (unpaired) electrons. The smallest absolute Gasteiger partial charge is 0.342 e. The Morgan fingerprint density at radius 1 is 1.00 bits per heavy atom. The topological polar surface area (TPSA) is 87.6 Å². The highest BCUT2D eigenvalue weighted by Crippen LogP contribution is 2.31. The number of carbonyl (C=O) groups is 1. The van der Waals surface area contributed by atoms with Crippen molar-refractivity contribution in [2.45, 2.75) is 17.3 Å². The van der Waals surface area contributed by atoms with Gasteiger partial charge in [0, 0.05) is 25.4 Å². The molecular weight excluding hydrogens is 412 g/mol. The summed E-state index contributed by atoms with van der Waals surface area (Å²) in [5.74, 6) is 0.446. The lowest BCUT2D eigenvalue weighted by atomic mass is 10.2. The van der Waals surface area contributed by atoms with Crippen molar-refractivity contribution < 1.29 is 14.6 Å². The second-order valence-electron chi connectivity index (χ2n) is 7.07. The van der Waals surface area contributed by atoms with Crippen molar-refractivity contribution in [3.05, 3.63) is 77.4 Å². The Bertz CT molecular complexity index is 947. The molecule has 7 nitrogen and oxygen atoms in total. The van der Waals surface area contributed by atoms with E-state index in [1.165, 1.54) is 11.8 Å². The fourth-order valence-electron chi connectivity index (χ4n) is 3.27. The van der Waals surface area contributed by atoms with Crippen molar-refractivity contribution in [3.63, 3.8) is 0 Å². The molecule has 2 N–H and O–H groups in total. The van der Waals surface area contributed by atoms with Gasteiger partial charge in [0.1, 0.15) is 16.4 Å². The van der Waals surface area contributed by atoms with Crippen molar-refractivity contribution in [1.82, 2.24) is 9.97 Å². The van der Waals surface area contributed by atoms with E-state index in [1.807, 2.05) is 65.6 Å². The summed E-state index contributed by atoms with van der Waals surface area (Å²) >= 11 is 1.41. The molecule has 1 fully saturated rings. The molecule has 3 aromatic rings. The number of morpholine rings is 1. The van der Waals surface area contributed by atoms with E-state index in [1.54, 1.807) is 0 Å². The molecule has 2 aromatic carbocycles. The first-order valence-corrected chi connectivity index (χ1v) is 11.1. The summed E-state index contributed by atoms with van der Waals surface area (Å²) in [6.07, 6.45) is 0. The van der Waals surface area contributed by atoms with E-state index in [0.717, 1.165) is 11.1 Å². The van der Waals surface area contributed by atoms with Crippen molar-refractivity contribution in [1.29, 1.82) is 0 Å². The van der Waals surface area contributed by atoms with Gasteiger partial charge in [0.2, 0.25) is 5.95 Å². The summed E-state index contributed by atoms with van der Waals surface area (Å²) in [6, 6.07) is 19.8. The van der Waals surface area contributed by atoms with Gasteiger partial charge in [-0.3, -0.25) is 0 Å². The van der Waals surface area contributed by atoms with Crippen LogP contribution in [0.1, 0.15) is 21.5 Å². The SMILES string of the molecule is O=C(O)c1c(NCc2ccccc2)nc(N2CCOCC2)nc1SCc1ccccc1. The number of rotatable bonds is 8. The number of carboxylic acids is 1. The van der Waals surface area contributed by atoms with Crippen LogP contribution >= 0.6 is 11.8 Å². The van der Waals surface area contributed by atoms with Gasteiger partial charge in [-0.15, -0.1) is 11.8 Å². The number of benzene rings is 2. The maximum absolute atomic E-state index is 12.2. The molecule has 0 atom stereocenters. The third kappa shape index (κ3) is 5.53. The molecule has 0 spiro atoms. The number of thioether (sulfide) groups is 1. The number of hydrogen-bond acceptors (Lipinski definition) is 7. The second kappa shape index (κ2) is 10.3. The Morgan fingerprint density at radius 3 is 2.29 bits per heavy atom. The number of nitrogens with one attached hydrogen (secondary N) is 1. The van der Waals surface area contributed by atoms with Crippen molar-refractivity contribution in [2.24, 2.45) is 0 Å². The maximum atomic E-state index is 12.2. The quantitative estimate of drug-likeness (QED) is 0.406. The third-order valence-electron chi connectivity index (χ3n) is 4.89. The van der Waals surface area contributed by atoms with Gasteiger partial charge in [-0.05, 0) is 11.1 Å². The van der Waals surface area contributed by atoms with Crippen LogP contribution < -0.4 is 10.2 Å². The highest BCUT2D eigenvalue weighted by Gasteiger charge is 2.24. The zero-order valence-electron chi connectivity index (χ0n) is 17.0. The van der Waals surface area contributed by atoms with Gasteiger partial charge in [0.15, 0.2) is 0 Å². The maximum Gasteiger partial charge on any atom is 0.342 e. The first-order valence-electron chi connectivity index (χ1n) is 10.1. The number of hydrogen-bond donors (Lipinski definition) is 2. The van der Waals surface area contributed by atoms with E-state index in [4.69, 9.17) is 4.74 Å². The van der Waals surface area contributed by atoms with Crippen LogP contribution in [0, 0.1) is 0 Å². The fourth-order valence-corrected chi connectivity index (χ4v) is 4.24. The van der Waals surface area contributed by atoms with Gasteiger partial charge in [-0.1, -0.05) is 60.7 Å². The minimum absolute atomic E-state index is 0.105. The molecule has 8 heteroatoms. The largest absolute Gasteiger partial charge is 0.477 e. The average molecular weight is 437 g/mol. The molecule has 0 saturated carbocycles. The predicted octanol–water partition coefficient (Wildman–Crippen LogP) is 3.92. The van der Waals surface area contributed by atoms with Crippen LogP contribution in [-0.2, 0) is 17.0 Å². The number of ether oxygens (including phenoxy) is 1. The minimum Gasteiger partial charge on any atom is -0.477 e. The van der Waals surface area contributed by atoms with Gasteiger partial charge in [-0.25, -0.2) is 9.78 Å². The Morgan fingerprint density at radius 2 is 1.65 bits per heavy atom. The predicted molar refractivity (Wildman–Crippen MR) is 122 cm³/mol. The molecule has 2 heterocycles. The van der Waals surface area contributed by atoms with E-state index in [2.05, 4.69) is 15.3 Å². The molecule has 1 aliphatic heterocycles. The van der Waals surface area contributed by atoms with Crippen molar-refractivity contribution in [3.8, 4) is 0 Å². The van der Waals surface area contributed by atoms with Gasteiger partial charge in [-0.2, -0.15) is 4.98 Å². The van der Waals surface area contributed by atoms with E-state index < -0.39 is 5.97 Å². The highest BCUT2D eigenvalue weighted by atomic mass is 32.2. The zero-order valence-corrected chi connectivity index (χ0v) is 17.8. The Labute approximate surface area is 185 Å². The average Bonchev–Trinajstić information content (AvgIpc) is 2.82. The molecule has 0 amide bonds. The number of aromatic nitrogens is 2. The molecule has 1 saturated heterocycles. The zero-order chi connectivity index (χ0) is 21.5. The van der Waals surface area contributed by atoms with Crippen LogP contribution in [0.25, 0.3) is 0 Å². The van der Waals surface area contributed by atoms with Crippen LogP contribution in [0.15, 0.2) is 65.7 Å². The van der Waals surface area contributed by atoms with E-state index in [0.29, 0.717) is 55.4 Å². The monoisotopic (exact) mass is 436 g/mol. The minimum atomic E-state index is -1.04. The number of aromatic carboxylic acids is 1. The lowest BCUT2D eigenvalue weighted by Gasteiger charge is -2.27. The van der Waals surface area contributed by atoms with Crippen molar-refractivity contribution >= 4 is 29.5 Å². The molecule has 1 aliphatic rings. The van der Waals surface area contributed by atoms with Crippen LogP contribution in [0.5, 0.6) is 0 Å². The molecule has 160 valence electrons. The van der Waals surface area contributed by atoms with Crippen LogP contribution in [0.3, 0.4) is 0 Å². The summed E-state index contributed by atoms with van der Waals surface area (Å²) in [6.45, 7) is 3.02. The lowest BCUT2D eigenvalue weighted by Crippen LogP contribution is -2.37. The van der Waals surface area contributed by atoms with Gasteiger partial charge >= 0.3 is 5.97 Å². The summed E-state index contributed by atoms with van der Waals surface area (Å²) in [5.41, 5.74) is 2.26. The van der Waals surface area contributed by atoms with E-state index in [-0.39, 0.29) is 5.56 Å². The first kappa shape index (κ1) is 21.1. The molecular formula is C23H24N4O3S. The number of nitrogens with zero attached hydrogens (tertiary/aromatic N) is 3. The molecule has 31 heavy (non-hydrogen) atoms. The summed E-state index contributed by atoms with van der Waals surface area (Å²) in [4.78, 5) is 23.5. The van der Waals surface area contributed by atoms with Crippen LogP contribution in [0.2, 0.25) is 0 Å². The highest BCUT2D eigenvalue weighted by molar-refractivity contribution is 7.98. The van der Waals surface area contributed by atoms with Gasteiger partial charge in [0.25, 0.3) is 0 Å². The second-order valence-corrected chi connectivity index (χ2v) is 8.03. The molecule has 1 aromatic heterocycles. The molecule has 0 bridgehead atoms. The number of carboxylic acid groups (broad SMARTS) is 1.